The van der Waals surface area contributed by atoms with Crippen LogP contribution in [-0.4, -0.2) is 30.2 Å². The summed E-state index contributed by atoms with van der Waals surface area (Å²) in [4.78, 5) is 3.75. The van der Waals surface area contributed by atoms with Gasteiger partial charge in [0.1, 0.15) is 11.4 Å². The van der Waals surface area contributed by atoms with E-state index in [-0.39, 0.29) is 11.0 Å². The van der Waals surface area contributed by atoms with Crippen molar-refractivity contribution in [3.05, 3.63) is 83.4 Å². The third-order valence-electron chi connectivity index (χ3n) is 6.73. The molecule has 2 aliphatic rings. The molecule has 0 saturated carbocycles. The molecule has 1 fully saturated rings. The van der Waals surface area contributed by atoms with Gasteiger partial charge in [-0.05, 0) is 80.4 Å². The van der Waals surface area contributed by atoms with Gasteiger partial charge in [0.05, 0.1) is 5.25 Å². The number of nitrogens with one attached hydrogen (secondary N) is 1. The predicted molar refractivity (Wildman–Crippen MR) is 132 cm³/mol. The summed E-state index contributed by atoms with van der Waals surface area (Å²) in [6.07, 6.45) is 2.64. The number of phenolic OH excluding ortho intramolecular Hbond substituents is 1. The van der Waals surface area contributed by atoms with E-state index >= 15 is 0 Å². The number of aromatic hydroxyl groups is 1. The van der Waals surface area contributed by atoms with Gasteiger partial charge in [0.2, 0.25) is 0 Å². The van der Waals surface area contributed by atoms with Crippen molar-refractivity contribution in [2.75, 3.05) is 25.5 Å². The number of nitrogens with zero attached hydrogens (tertiary/aromatic N) is 1. The number of ether oxygens (including phenoxy) is 1. The Kier molecular flexibility index (Phi) is 5.89. The van der Waals surface area contributed by atoms with Crippen LogP contribution in [0.4, 0.5) is 11.4 Å². The summed E-state index contributed by atoms with van der Waals surface area (Å²) in [5.74, 6) is 0.281. The second-order valence-electron chi connectivity index (χ2n) is 8.88. The van der Waals surface area contributed by atoms with E-state index in [9.17, 15) is 5.11 Å². The summed E-state index contributed by atoms with van der Waals surface area (Å²) in [5.41, 5.74) is 5.36. The maximum absolute atomic E-state index is 9.72. The normalized spacial score (nSPS) is 22.8. The minimum atomic E-state index is -0.490. The number of fused-ring (bicyclic) bond motifs is 1. The van der Waals surface area contributed by atoms with Crippen LogP contribution in [-0.2, 0) is 16.9 Å². The van der Waals surface area contributed by atoms with Gasteiger partial charge in [0.25, 0.3) is 0 Å². The van der Waals surface area contributed by atoms with E-state index in [1.807, 2.05) is 23.9 Å². The van der Waals surface area contributed by atoms with Crippen LogP contribution in [0.15, 0.2) is 71.6 Å². The van der Waals surface area contributed by atoms with E-state index in [2.05, 4.69) is 59.6 Å². The van der Waals surface area contributed by atoms with Gasteiger partial charge in [-0.1, -0.05) is 30.3 Å². The molecule has 0 amide bonds. The van der Waals surface area contributed by atoms with Crippen molar-refractivity contribution in [3.63, 3.8) is 0 Å². The second kappa shape index (κ2) is 8.81. The van der Waals surface area contributed by atoms with Crippen molar-refractivity contribution in [1.82, 2.24) is 4.90 Å². The second-order valence-corrected chi connectivity index (χ2v) is 10.0. The average Bonchev–Trinajstić information content (AvgIpc) is 3.43. The molecule has 5 heteroatoms. The number of anilines is 2. The molecule has 2 aliphatic heterocycles. The van der Waals surface area contributed by atoms with E-state index < -0.39 is 5.60 Å². The monoisotopic (exact) mass is 446 g/mol. The lowest BCUT2D eigenvalue weighted by Crippen LogP contribution is -2.28. The van der Waals surface area contributed by atoms with Crippen LogP contribution >= 0.6 is 11.8 Å². The number of hydrogen-bond acceptors (Lipinski definition) is 5. The molecule has 0 spiro atoms. The Hall–Kier alpha value is -2.47. The van der Waals surface area contributed by atoms with Crippen LogP contribution in [0.3, 0.4) is 0 Å². The number of rotatable bonds is 6. The average molecular weight is 447 g/mol. The largest absolute Gasteiger partial charge is 0.508 e. The Balaban J connectivity index is 1.41. The molecule has 0 aliphatic carbocycles. The van der Waals surface area contributed by atoms with E-state index in [4.69, 9.17) is 4.74 Å². The molecule has 4 nitrogen and oxygen atoms in total. The number of likely N-dealkylation sites (tertiary alicyclic amines) is 1. The Morgan fingerprint density at radius 1 is 1.03 bits per heavy atom. The Morgan fingerprint density at radius 2 is 1.75 bits per heavy atom. The van der Waals surface area contributed by atoms with Gasteiger partial charge in [-0.2, -0.15) is 0 Å². The van der Waals surface area contributed by atoms with Crippen LogP contribution in [0.2, 0.25) is 0 Å². The van der Waals surface area contributed by atoms with Gasteiger partial charge in [-0.3, -0.25) is 4.90 Å². The van der Waals surface area contributed by atoms with Gasteiger partial charge in [-0.25, -0.2) is 0 Å². The zero-order valence-electron chi connectivity index (χ0n) is 18.7. The van der Waals surface area contributed by atoms with Crippen molar-refractivity contribution >= 4 is 23.1 Å². The van der Waals surface area contributed by atoms with Crippen LogP contribution in [0, 0.1) is 0 Å². The molecule has 32 heavy (non-hydrogen) atoms. The molecule has 0 bridgehead atoms. The van der Waals surface area contributed by atoms with Crippen molar-refractivity contribution in [3.8, 4) is 5.75 Å². The summed E-state index contributed by atoms with van der Waals surface area (Å²) in [6.45, 7) is 5.62. The highest BCUT2D eigenvalue weighted by Gasteiger charge is 2.46. The van der Waals surface area contributed by atoms with Crippen molar-refractivity contribution in [2.45, 2.75) is 42.1 Å². The van der Waals surface area contributed by atoms with Gasteiger partial charge in [0, 0.05) is 35.5 Å². The number of thioether (sulfide) groups is 1. The summed E-state index contributed by atoms with van der Waals surface area (Å²) >= 11 is 1.82. The Morgan fingerprint density at radius 3 is 2.44 bits per heavy atom. The van der Waals surface area contributed by atoms with Crippen LogP contribution < -0.4 is 5.32 Å². The van der Waals surface area contributed by atoms with Crippen molar-refractivity contribution in [1.29, 1.82) is 0 Å². The first-order valence-electron chi connectivity index (χ1n) is 11.3. The summed E-state index contributed by atoms with van der Waals surface area (Å²) < 4.78 is 6.17. The Bertz CT molecular complexity index is 1080. The third-order valence-corrected chi connectivity index (χ3v) is 8.28. The van der Waals surface area contributed by atoms with Crippen LogP contribution in [0.1, 0.15) is 41.7 Å². The molecule has 166 valence electrons. The number of methoxy groups -OCH3 is 1. The first-order valence-corrected chi connectivity index (χ1v) is 12.2. The molecule has 2 N–H and O–H groups in total. The maximum atomic E-state index is 9.72. The molecule has 0 aromatic heterocycles. The van der Waals surface area contributed by atoms with Crippen molar-refractivity contribution < 1.29 is 9.84 Å². The summed E-state index contributed by atoms with van der Waals surface area (Å²) in [5, 5.41) is 13.5. The molecule has 3 aromatic rings. The number of benzene rings is 3. The van der Waals surface area contributed by atoms with E-state index in [1.165, 1.54) is 42.0 Å². The SMILES string of the molecule is COC1(C)c2c(Nc3ccc(CN4CCCC4)cc3)cccc2SC1c1ccc(O)cc1. The van der Waals surface area contributed by atoms with E-state index in [0.717, 1.165) is 23.5 Å². The van der Waals surface area contributed by atoms with Crippen LogP contribution in [0.5, 0.6) is 5.75 Å². The molecule has 5 rings (SSSR count). The highest BCUT2D eigenvalue weighted by molar-refractivity contribution is 8.00. The quantitative estimate of drug-likeness (QED) is 0.456. The van der Waals surface area contributed by atoms with Gasteiger partial charge >= 0.3 is 0 Å². The topological polar surface area (TPSA) is 44.7 Å². The van der Waals surface area contributed by atoms with Crippen LogP contribution in [0.25, 0.3) is 0 Å². The molecule has 2 heterocycles. The fourth-order valence-electron chi connectivity index (χ4n) is 4.91. The lowest BCUT2D eigenvalue weighted by molar-refractivity contribution is 0.00184. The maximum Gasteiger partial charge on any atom is 0.115 e. The number of phenols is 1. The minimum Gasteiger partial charge on any atom is -0.508 e. The van der Waals surface area contributed by atoms with Gasteiger partial charge in [0.15, 0.2) is 0 Å². The molecule has 3 aromatic carbocycles. The first kappa shape index (κ1) is 21.4. The summed E-state index contributed by atoms with van der Waals surface area (Å²) in [7, 11) is 1.78. The van der Waals surface area contributed by atoms with E-state index in [1.54, 1.807) is 19.2 Å². The molecule has 2 atom stereocenters. The van der Waals surface area contributed by atoms with Gasteiger partial charge < -0.3 is 15.2 Å². The molecule has 0 radical (unpaired) electrons. The minimum absolute atomic E-state index is 0.105. The zero-order chi connectivity index (χ0) is 22.1. The lowest BCUT2D eigenvalue weighted by Gasteiger charge is -2.32. The first-order chi connectivity index (χ1) is 15.6. The van der Waals surface area contributed by atoms with Gasteiger partial charge in [-0.15, -0.1) is 11.8 Å². The Labute approximate surface area is 194 Å². The highest BCUT2D eigenvalue weighted by atomic mass is 32.2. The predicted octanol–water partition coefficient (Wildman–Crippen LogP) is 6.44. The smallest absolute Gasteiger partial charge is 0.115 e. The standard InChI is InChI=1S/C27H30N2O2S/c1-27(31-2)25-23(28-21-12-8-19(9-13-21)18-29-16-3-4-17-29)6-5-7-24(25)32-26(27)20-10-14-22(30)15-11-20/h5-15,26,28,30H,3-4,16-18H2,1-2H3. The number of hydrogen-bond donors (Lipinski definition) is 2. The fraction of sp³-hybridized carbons (Fsp3) is 0.333. The highest BCUT2D eigenvalue weighted by Crippen LogP contribution is 2.60. The molecular formula is C27H30N2O2S. The molecular weight excluding hydrogens is 416 g/mol. The lowest BCUT2D eigenvalue weighted by atomic mass is 9.87. The zero-order valence-corrected chi connectivity index (χ0v) is 19.5. The van der Waals surface area contributed by atoms with Crippen molar-refractivity contribution in [2.24, 2.45) is 0 Å². The third kappa shape index (κ3) is 4.01. The fourth-order valence-corrected chi connectivity index (χ4v) is 6.48. The summed E-state index contributed by atoms with van der Waals surface area (Å²) in [6, 6.07) is 22.7. The molecule has 2 unspecified atom stereocenters. The molecule has 1 saturated heterocycles. The van der Waals surface area contributed by atoms with E-state index in [0.29, 0.717) is 0 Å².